The molecule has 0 atom stereocenters. The first-order valence-electron chi connectivity index (χ1n) is 9.58. The molecule has 12 heteroatoms. The Morgan fingerprint density at radius 3 is 2.55 bits per heavy atom. The highest BCUT2D eigenvalue weighted by atomic mass is 19.4. The third kappa shape index (κ3) is 5.05. The summed E-state index contributed by atoms with van der Waals surface area (Å²) in [4.78, 5) is 20.0. The molecule has 0 unspecified atom stereocenters. The molecular weight excluding hydrogens is 444 g/mol. The van der Waals surface area contributed by atoms with Crippen LogP contribution in [0, 0.1) is 5.82 Å². The topological polar surface area (TPSA) is 94.9 Å². The van der Waals surface area contributed by atoms with Crippen molar-refractivity contribution >= 4 is 17.0 Å². The van der Waals surface area contributed by atoms with E-state index in [0.29, 0.717) is 42.2 Å². The van der Waals surface area contributed by atoms with Crippen LogP contribution in [-0.4, -0.2) is 38.6 Å². The lowest BCUT2D eigenvalue weighted by Gasteiger charge is -2.13. The van der Waals surface area contributed by atoms with Crippen molar-refractivity contribution < 1.29 is 27.0 Å². The van der Waals surface area contributed by atoms with Gasteiger partial charge in [0.05, 0.1) is 12.7 Å². The van der Waals surface area contributed by atoms with Crippen LogP contribution in [0.5, 0.6) is 17.4 Å². The Kier molecular flexibility index (Phi) is 6.16. The van der Waals surface area contributed by atoms with E-state index in [0.717, 1.165) is 5.56 Å². The minimum atomic E-state index is -4.70. The molecular formula is C21H16F4N6O2. The molecule has 0 aliphatic rings. The number of anilines is 1. The lowest BCUT2D eigenvalue weighted by molar-refractivity contribution is -0.138. The summed E-state index contributed by atoms with van der Waals surface area (Å²) in [6.45, 7) is 0.501. The molecule has 0 radical (unpaired) electrons. The van der Waals surface area contributed by atoms with Gasteiger partial charge in [0.2, 0.25) is 0 Å². The van der Waals surface area contributed by atoms with Crippen LogP contribution in [0.4, 0.5) is 23.4 Å². The van der Waals surface area contributed by atoms with Crippen LogP contribution in [-0.2, 0) is 12.6 Å². The number of methoxy groups -OCH3 is 1. The van der Waals surface area contributed by atoms with E-state index in [9.17, 15) is 17.6 Å². The van der Waals surface area contributed by atoms with E-state index in [2.05, 4.69) is 30.2 Å². The van der Waals surface area contributed by atoms with Gasteiger partial charge < -0.3 is 14.8 Å². The third-order valence-corrected chi connectivity index (χ3v) is 4.55. The Morgan fingerprint density at radius 2 is 1.79 bits per heavy atom. The molecule has 1 N–H and O–H groups in total. The molecule has 0 aliphatic carbocycles. The molecule has 0 fully saturated rings. The zero-order valence-corrected chi connectivity index (χ0v) is 17.1. The van der Waals surface area contributed by atoms with Gasteiger partial charge >= 0.3 is 6.18 Å². The van der Waals surface area contributed by atoms with Crippen molar-refractivity contribution in [3.8, 4) is 17.4 Å². The lowest BCUT2D eigenvalue weighted by atomic mass is 10.1. The number of ether oxygens (including phenoxy) is 2. The van der Waals surface area contributed by atoms with Crippen LogP contribution in [0.2, 0.25) is 0 Å². The molecule has 3 heterocycles. The van der Waals surface area contributed by atoms with Gasteiger partial charge in [0, 0.05) is 25.1 Å². The molecule has 0 saturated carbocycles. The number of nitrogens with one attached hydrogen (secondary N) is 1. The van der Waals surface area contributed by atoms with Gasteiger partial charge in [0.25, 0.3) is 5.88 Å². The SMILES string of the molecule is COc1cc(CCNc2ncnc3nccnc23)ccc1Oc1ncc(C(F)(F)F)cc1F. The van der Waals surface area contributed by atoms with Crippen LogP contribution in [0.25, 0.3) is 11.2 Å². The number of aromatic nitrogens is 5. The van der Waals surface area contributed by atoms with E-state index >= 15 is 0 Å². The first kappa shape index (κ1) is 22.1. The van der Waals surface area contributed by atoms with Crippen molar-refractivity contribution in [2.45, 2.75) is 12.6 Å². The predicted molar refractivity (Wildman–Crippen MR) is 110 cm³/mol. The summed E-state index contributed by atoms with van der Waals surface area (Å²) in [6.07, 6.45) is 0.852. The third-order valence-electron chi connectivity index (χ3n) is 4.55. The summed E-state index contributed by atoms with van der Waals surface area (Å²) in [5.41, 5.74) is 0.677. The average molecular weight is 460 g/mol. The van der Waals surface area contributed by atoms with Gasteiger partial charge in [-0.15, -0.1) is 0 Å². The summed E-state index contributed by atoms with van der Waals surface area (Å²) in [5.74, 6) is -0.902. The van der Waals surface area contributed by atoms with Crippen molar-refractivity contribution in [1.29, 1.82) is 0 Å². The van der Waals surface area contributed by atoms with Gasteiger partial charge in [0.15, 0.2) is 28.8 Å². The van der Waals surface area contributed by atoms with Crippen LogP contribution in [0.15, 0.2) is 49.2 Å². The summed E-state index contributed by atoms with van der Waals surface area (Å²) < 4.78 is 62.8. The maximum Gasteiger partial charge on any atom is 0.417 e. The standard InChI is InChI=1S/C21H16F4N6O2/c1-32-16-8-12(4-5-27-18-17-19(31-11-30-18)28-7-6-26-17)2-3-15(16)33-20-14(22)9-13(10-29-20)21(23,24)25/h2-3,6-11H,4-5H2,1H3,(H,27,28,30,31). The van der Waals surface area contributed by atoms with E-state index in [4.69, 9.17) is 9.47 Å². The van der Waals surface area contributed by atoms with E-state index < -0.39 is 23.4 Å². The Hall–Kier alpha value is -4.09. The molecule has 4 aromatic rings. The van der Waals surface area contributed by atoms with Gasteiger partial charge in [-0.2, -0.15) is 13.2 Å². The molecule has 170 valence electrons. The zero-order chi connectivity index (χ0) is 23.4. The molecule has 0 amide bonds. The van der Waals surface area contributed by atoms with E-state index in [-0.39, 0.29) is 11.5 Å². The quantitative estimate of drug-likeness (QED) is 0.405. The second-order valence-electron chi connectivity index (χ2n) is 6.72. The number of alkyl halides is 3. The Bertz CT molecular complexity index is 1280. The summed E-state index contributed by atoms with van der Waals surface area (Å²) in [5, 5.41) is 3.18. The fourth-order valence-corrected chi connectivity index (χ4v) is 2.96. The smallest absolute Gasteiger partial charge is 0.417 e. The molecule has 0 bridgehead atoms. The molecule has 33 heavy (non-hydrogen) atoms. The fraction of sp³-hybridized carbons (Fsp3) is 0.190. The lowest BCUT2D eigenvalue weighted by Crippen LogP contribution is -2.08. The number of halogens is 4. The van der Waals surface area contributed by atoms with Gasteiger partial charge in [0.1, 0.15) is 11.8 Å². The largest absolute Gasteiger partial charge is 0.493 e. The molecule has 0 aliphatic heterocycles. The highest BCUT2D eigenvalue weighted by molar-refractivity contribution is 5.81. The minimum absolute atomic E-state index is 0.109. The second-order valence-corrected chi connectivity index (χ2v) is 6.72. The molecule has 0 spiro atoms. The molecule has 0 saturated heterocycles. The first-order chi connectivity index (χ1) is 15.8. The predicted octanol–water partition coefficient (Wildman–Crippen LogP) is 4.43. The number of hydrogen-bond donors (Lipinski definition) is 1. The van der Waals surface area contributed by atoms with Crippen molar-refractivity contribution in [3.63, 3.8) is 0 Å². The number of nitrogens with zero attached hydrogens (tertiary/aromatic N) is 5. The molecule has 1 aromatic carbocycles. The van der Waals surface area contributed by atoms with Crippen LogP contribution >= 0.6 is 0 Å². The van der Waals surface area contributed by atoms with Gasteiger partial charge in [-0.3, -0.25) is 0 Å². The summed E-state index contributed by atoms with van der Waals surface area (Å²) >= 11 is 0. The summed E-state index contributed by atoms with van der Waals surface area (Å²) in [7, 11) is 1.40. The number of rotatable bonds is 7. The van der Waals surface area contributed by atoms with Crippen LogP contribution < -0.4 is 14.8 Å². The van der Waals surface area contributed by atoms with Crippen LogP contribution in [0.1, 0.15) is 11.1 Å². The van der Waals surface area contributed by atoms with Crippen molar-refractivity contribution in [2.75, 3.05) is 19.0 Å². The number of hydrogen-bond acceptors (Lipinski definition) is 8. The number of benzene rings is 1. The fourth-order valence-electron chi connectivity index (χ4n) is 2.96. The average Bonchev–Trinajstić information content (AvgIpc) is 2.80. The van der Waals surface area contributed by atoms with Gasteiger partial charge in [-0.1, -0.05) is 6.07 Å². The summed E-state index contributed by atoms with van der Waals surface area (Å²) in [6, 6.07) is 5.25. The second kappa shape index (κ2) is 9.18. The van der Waals surface area contributed by atoms with E-state index in [1.807, 2.05) is 0 Å². The normalized spacial score (nSPS) is 11.4. The van der Waals surface area contributed by atoms with Crippen LogP contribution in [0.3, 0.4) is 0 Å². The Morgan fingerprint density at radius 1 is 0.970 bits per heavy atom. The van der Waals surface area contributed by atoms with E-state index in [1.165, 1.54) is 19.5 Å². The van der Waals surface area contributed by atoms with Gasteiger partial charge in [-0.25, -0.2) is 29.3 Å². The van der Waals surface area contributed by atoms with Gasteiger partial charge in [-0.05, 0) is 30.2 Å². The van der Waals surface area contributed by atoms with Crippen molar-refractivity contribution in [3.05, 3.63) is 66.1 Å². The maximum absolute atomic E-state index is 14.1. The number of fused-ring (bicyclic) bond motifs is 1. The molecule has 3 aromatic heterocycles. The Labute approximate surface area is 184 Å². The molecule has 4 rings (SSSR count). The zero-order valence-electron chi connectivity index (χ0n) is 17.1. The van der Waals surface area contributed by atoms with Crippen molar-refractivity contribution in [1.82, 2.24) is 24.9 Å². The Balaban J connectivity index is 1.45. The number of pyridine rings is 1. The highest BCUT2D eigenvalue weighted by Crippen LogP contribution is 2.35. The van der Waals surface area contributed by atoms with Crippen molar-refractivity contribution in [2.24, 2.45) is 0 Å². The van der Waals surface area contributed by atoms with E-state index in [1.54, 1.807) is 24.5 Å². The minimum Gasteiger partial charge on any atom is -0.493 e. The monoisotopic (exact) mass is 460 g/mol. The molecule has 8 nitrogen and oxygen atoms in total. The first-order valence-corrected chi connectivity index (χ1v) is 9.58. The maximum atomic E-state index is 14.1. The highest BCUT2D eigenvalue weighted by Gasteiger charge is 2.32.